The summed E-state index contributed by atoms with van der Waals surface area (Å²) in [6.45, 7) is 9.95. The lowest BCUT2D eigenvalue weighted by Crippen LogP contribution is -2.28. The van der Waals surface area contributed by atoms with E-state index in [4.69, 9.17) is 4.74 Å². The minimum atomic E-state index is -0.0538. The van der Waals surface area contributed by atoms with Crippen LogP contribution in [0.25, 0.3) is 0 Å². The van der Waals surface area contributed by atoms with E-state index in [1.54, 1.807) is 0 Å². The van der Waals surface area contributed by atoms with Crippen molar-refractivity contribution in [1.82, 2.24) is 0 Å². The van der Waals surface area contributed by atoms with Crippen molar-refractivity contribution in [2.24, 2.45) is 0 Å². The van der Waals surface area contributed by atoms with Gasteiger partial charge in [0.25, 0.3) is 0 Å². The standard InChI is InChI=1S/C17H25BrO/c1-5-16(2,3)14-9-7-13(8-10-14)15(18)17(4)11-6-12-19-17/h7-10,15H,5-6,11-12H2,1-4H3. The van der Waals surface area contributed by atoms with Crippen molar-refractivity contribution in [3.8, 4) is 0 Å². The van der Waals surface area contributed by atoms with Gasteiger partial charge in [0.15, 0.2) is 0 Å². The molecule has 1 nitrogen and oxygen atoms in total. The van der Waals surface area contributed by atoms with E-state index in [2.05, 4.69) is 67.9 Å². The average Bonchev–Trinajstić information content (AvgIpc) is 2.86. The molecule has 0 spiro atoms. The van der Waals surface area contributed by atoms with Crippen molar-refractivity contribution in [1.29, 1.82) is 0 Å². The molecule has 0 bridgehead atoms. The molecule has 19 heavy (non-hydrogen) atoms. The zero-order valence-electron chi connectivity index (χ0n) is 12.5. The van der Waals surface area contributed by atoms with Gasteiger partial charge in [-0.3, -0.25) is 0 Å². The van der Waals surface area contributed by atoms with E-state index in [1.807, 2.05) is 0 Å². The van der Waals surface area contributed by atoms with Gasteiger partial charge in [0.05, 0.1) is 10.4 Å². The molecule has 1 aliphatic rings. The zero-order chi connectivity index (χ0) is 14.1. The van der Waals surface area contributed by atoms with Crippen molar-refractivity contribution < 1.29 is 4.74 Å². The first-order chi connectivity index (χ1) is 8.89. The van der Waals surface area contributed by atoms with Crippen LogP contribution in [0.4, 0.5) is 0 Å². The molecule has 1 fully saturated rings. The summed E-state index contributed by atoms with van der Waals surface area (Å²) in [5, 5.41) is 0. The van der Waals surface area contributed by atoms with Gasteiger partial charge in [-0.05, 0) is 42.7 Å². The number of alkyl halides is 1. The molecule has 1 saturated heterocycles. The van der Waals surface area contributed by atoms with Crippen LogP contribution >= 0.6 is 15.9 Å². The largest absolute Gasteiger partial charge is 0.374 e. The van der Waals surface area contributed by atoms with Crippen LogP contribution in [0.2, 0.25) is 0 Å². The summed E-state index contributed by atoms with van der Waals surface area (Å²) in [4.78, 5) is 0.279. The van der Waals surface area contributed by atoms with Crippen molar-refractivity contribution in [3.63, 3.8) is 0 Å². The highest BCUT2D eigenvalue weighted by atomic mass is 79.9. The summed E-state index contributed by atoms with van der Waals surface area (Å²) in [5.41, 5.74) is 2.94. The lowest BCUT2D eigenvalue weighted by Gasteiger charge is -2.30. The molecule has 2 rings (SSSR count). The quantitative estimate of drug-likeness (QED) is 0.675. The Hall–Kier alpha value is -0.340. The average molecular weight is 325 g/mol. The molecule has 0 aliphatic carbocycles. The van der Waals surface area contributed by atoms with Gasteiger partial charge in [0.2, 0.25) is 0 Å². The highest BCUT2D eigenvalue weighted by Gasteiger charge is 2.37. The van der Waals surface area contributed by atoms with Crippen LogP contribution in [0.3, 0.4) is 0 Å². The molecular weight excluding hydrogens is 300 g/mol. The Kier molecular flexibility index (Phi) is 4.42. The SMILES string of the molecule is CCC(C)(C)c1ccc(C(Br)C2(C)CCCO2)cc1. The molecule has 0 radical (unpaired) electrons. The van der Waals surface area contributed by atoms with E-state index in [-0.39, 0.29) is 15.8 Å². The van der Waals surface area contributed by atoms with E-state index >= 15 is 0 Å². The van der Waals surface area contributed by atoms with Crippen LogP contribution in [-0.2, 0) is 10.2 Å². The topological polar surface area (TPSA) is 9.23 Å². The molecule has 0 N–H and O–H groups in total. The minimum absolute atomic E-state index is 0.0538. The second kappa shape index (κ2) is 5.57. The zero-order valence-corrected chi connectivity index (χ0v) is 14.1. The summed E-state index contributed by atoms with van der Waals surface area (Å²) in [7, 11) is 0. The van der Waals surface area contributed by atoms with Crippen LogP contribution in [-0.4, -0.2) is 12.2 Å². The Bertz CT molecular complexity index is 415. The highest BCUT2D eigenvalue weighted by molar-refractivity contribution is 9.09. The molecule has 1 aliphatic heterocycles. The van der Waals surface area contributed by atoms with Crippen molar-refractivity contribution in [2.45, 2.75) is 62.8 Å². The Balaban J connectivity index is 2.18. The highest BCUT2D eigenvalue weighted by Crippen LogP contribution is 2.43. The predicted molar refractivity (Wildman–Crippen MR) is 85.0 cm³/mol. The lowest BCUT2D eigenvalue weighted by atomic mass is 9.81. The Labute approximate surface area is 125 Å². The summed E-state index contributed by atoms with van der Waals surface area (Å²) >= 11 is 3.84. The maximum Gasteiger partial charge on any atom is 0.0820 e. The van der Waals surface area contributed by atoms with Gasteiger partial charge in [0.1, 0.15) is 0 Å². The first kappa shape index (κ1) is 15.1. The fourth-order valence-corrected chi connectivity index (χ4v) is 3.33. The number of hydrogen-bond donors (Lipinski definition) is 0. The van der Waals surface area contributed by atoms with Crippen molar-refractivity contribution in [3.05, 3.63) is 35.4 Å². The van der Waals surface area contributed by atoms with Gasteiger partial charge in [-0.15, -0.1) is 0 Å². The van der Waals surface area contributed by atoms with Gasteiger partial charge in [0, 0.05) is 6.61 Å². The Morgan fingerprint density at radius 1 is 1.32 bits per heavy atom. The minimum Gasteiger partial charge on any atom is -0.374 e. The molecule has 2 heteroatoms. The summed E-state index contributed by atoms with van der Waals surface area (Å²) < 4.78 is 5.93. The van der Waals surface area contributed by atoms with Crippen LogP contribution in [0, 0.1) is 0 Å². The molecule has 1 aromatic carbocycles. The smallest absolute Gasteiger partial charge is 0.0820 e. The Morgan fingerprint density at radius 3 is 2.42 bits per heavy atom. The Morgan fingerprint density at radius 2 is 1.95 bits per heavy atom. The summed E-state index contributed by atoms with van der Waals surface area (Å²) in [6, 6.07) is 9.04. The monoisotopic (exact) mass is 324 g/mol. The maximum atomic E-state index is 5.93. The molecular formula is C17H25BrO. The molecule has 106 valence electrons. The first-order valence-corrected chi connectivity index (χ1v) is 8.19. The van der Waals surface area contributed by atoms with E-state index in [9.17, 15) is 0 Å². The first-order valence-electron chi connectivity index (χ1n) is 7.27. The summed E-state index contributed by atoms with van der Waals surface area (Å²) in [5.74, 6) is 0. The number of halogens is 1. The van der Waals surface area contributed by atoms with Crippen LogP contribution in [0.5, 0.6) is 0 Å². The third-order valence-corrected chi connectivity index (χ3v) is 6.15. The fourth-order valence-electron chi connectivity index (χ4n) is 2.66. The fraction of sp³-hybridized carbons (Fsp3) is 0.647. The third kappa shape index (κ3) is 3.05. The molecule has 1 heterocycles. The van der Waals surface area contributed by atoms with Gasteiger partial charge < -0.3 is 4.74 Å². The van der Waals surface area contributed by atoms with Crippen LogP contribution in [0.15, 0.2) is 24.3 Å². The van der Waals surface area contributed by atoms with Crippen LogP contribution in [0.1, 0.15) is 62.9 Å². The van der Waals surface area contributed by atoms with Gasteiger partial charge >= 0.3 is 0 Å². The normalized spacial score (nSPS) is 25.5. The number of rotatable bonds is 4. The molecule has 0 saturated carbocycles. The number of ether oxygens (including phenoxy) is 1. The molecule has 0 amide bonds. The summed E-state index contributed by atoms with van der Waals surface area (Å²) in [6.07, 6.45) is 3.45. The number of benzene rings is 1. The third-order valence-electron chi connectivity index (χ3n) is 4.65. The second-order valence-corrected chi connectivity index (χ2v) is 7.40. The van der Waals surface area contributed by atoms with Gasteiger partial charge in [-0.1, -0.05) is 61.0 Å². The second-order valence-electron chi connectivity index (χ2n) is 6.49. The molecule has 2 unspecified atom stereocenters. The predicted octanol–water partition coefficient (Wildman–Crippen LogP) is 5.38. The van der Waals surface area contributed by atoms with Crippen molar-refractivity contribution >= 4 is 15.9 Å². The van der Waals surface area contributed by atoms with E-state index in [1.165, 1.54) is 17.5 Å². The van der Waals surface area contributed by atoms with Crippen molar-refractivity contribution in [2.75, 3.05) is 6.61 Å². The molecule has 2 atom stereocenters. The molecule has 1 aromatic rings. The van der Waals surface area contributed by atoms with E-state index in [0.717, 1.165) is 19.4 Å². The molecule has 0 aromatic heterocycles. The van der Waals surface area contributed by atoms with E-state index < -0.39 is 0 Å². The van der Waals surface area contributed by atoms with Crippen LogP contribution < -0.4 is 0 Å². The lowest BCUT2D eigenvalue weighted by molar-refractivity contribution is 0.0197. The van der Waals surface area contributed by atoms with E-state index in [0.29, 0.717) is 0 Å². The van der Waals surface area contributed by atoms with Gasteiger partial charge in [-0.2, -0.15) is 0 Å². The maximum absolute atomic E-state index is 5.93. The van der Waals surface area contributed by atoms with Gasteiger partial charge in [-0.25, -0.2) is 0 Å². The number of hydrogen-bond acceptors (Lipinski definition) is 1.